The van der Waals surface area contributed by atoms with Gasteiger partial charge in [0.15, 0.2) is 0 Å². The number of hydrogen-bond acceptors (Lipinski definition) is 2. The minimum absolute atomic E-state index is 0.889. The third-order valence-electron chi connectivity index (χ3n) is 11.0. The number of furan rings is 1. The van der Waals surface area contributed by atoms with Crippen LogP contribution in [0.3, 0.4) is 0 Å². The Morgan fingerprint density at radius 1 is 0.345 bits per heavy atom. The van der Waals surface area contributed by atoms with Gasteiger partial charge < -0.3 is 13.9 Å². The van der Waals surface area contributed by atoms with Crippen molar-refractivity contribution in [3.8, 4) is 27.9 Å². The standard InChI is InChI=1S/C52H34N2O/c1-2-13-40(14-3-1)54-49-18-8-6-16-44(49)45-31-27-39(33-50(45)54)37-23-21-35(22-24-37)36-25-28-41(29-26-36)53(48-19-10-12-38-11-4-5-15-43(38)48)42-30-32-52-47(34-42)46-17-7-9-20-51(46)55-52/h1-34H. The number of aromatic nitrogens is 1. The van der Waals surface area contributed by atoms with E-state index in [9.17, 15) is 0 Å². The average molecular weight is 703 g/mol. The van der Waals surface area contributed by atoms with Crippen molar-refractivity contribution < 1.29 is 4.42 Å². The van der Waals surface area contributed by atoms with E-state index in [0.717, 1.165) is 39.0 Å². The van der Waals surface area contributed by atoms with Crippen molar-refractivity contribution >= 4 is 71.6 Å². The minimum atomic E-state index is 0.889. The van der Waals surface area contributed by atoms with Crippen LogP contribution >= 0.6 is 0 Å². The van der Waals surface area contributed by atoms with Gasteiger partial charge in [0.25, 0.3) is 0 Å². The van der Waals surface area contributed by atoms with Crippen molar-refractivity contribution in [1.82, 2.24) is 4.57 Å². The summed E-state index contributed by atoms with van der Waals surface area (Å²) in [6, 6.07) is 74.0. The van der Waals surface area contributed by atoms with E-state index < -0.39 is 0 Å². The number of para-hydroxylation sites is 3. The van der Waals surface area contributed by atoms with Crippen molar-refractivity contribution in [3.63, 3.8) is 0 Å². The van der Waals surface area contributed by atoms with E-state index in [-0.39, 0.29) is 0 Å². The van der Waals surface area contributed by atoms with E-state index in [1.165, 1.54) is 60.5 Å². The normalized spacial score (nSPS) is 11.6. The molecule has 0 spiro atoms. The van der Waals surface area contributed by atoms with Gasteiger partial charge in [0, 0.05) is 44.0 Å². The van der Waals surface area contributed by atoms with Gasteiger partial charge in [-0.05, 0) is 94.4 Å². The summed E-state index contributed by atoms with van der Waals surface area (Å²) in [5, 5.41) is 7.16. The molecule has 0 aliphatic carbocycles. The molecule has 2 aromatic heterocycles. The monoisotopic (exact) mass is 702 g/mol. The number of anilines is 3. The molecule has 3 heteroatoms. The molecule has 0 N–H and O–H groups in total. The van der Waals surface area contributed by atoms with Crippen LogP contribution < -0.4 is 4.90 Å². The smallest absolute Gasteiger partial charge is 0.135 e. The first kappa shape index (κ1) is 31.2. The molecular formula is C52H34N2O. The number of nitrogens with zero attached hydrogens (tertiary/aromatic N) is 2. The molecule has 0 atom stereocenters. The van der Waals surface area contributed by atoms with E-state index in [2.05, 4.69) is 204 Å². The third-order valence-corrected chi connectivity index (χ3v) is 11.0. The predicted octanol–water partition coefficient (Wildman–Crippen LogP) is 14.6. The highest BCUT2D eigenvalue weighted by atomic mass is 16.3. The fourth-order valence-corrected chi connectivity index (χ4v) is 8.35. The SMILES string of the molecule is c1ccc(-n2c3ccccc3c3ccc(-c4ccc(-c5ccc(N(c6ccc7oc8ccccc8c7c6)c6cccc7ccccc67)cc5)cc4)cc32)cc1. The lowest BCUT2D eigenvalue weighted by Gasteiger charge is -2.27. The first-order valence-electron chi connectivity index (χ1n) is 18.8. The van der Waals surface area contributed by atoms with Crippen molar-refractivity contribution in [3.05, 3.63) is 206 Å². The fraction of sp³-hybridized carbons (Fsp3) is 0. The second-order valence-corrected chi connectivity index (χ2v) is 14.2. The molecule has 0 amide bonds. The van der Waals surface area contributed by atoms with Crippen molar-refractivity contribution in [2.75, 3.05) is 4.90 Å². The Balaban J connectivity index is 0.967. The highest BCUT2D eigenvalue weighted by Gasteiger charge is 2.18. The van der Waals surface area contributed by atoms with E-state index in [1.54, 1.807) is 0 Å². The van der Waals surface area contributed by atoms with Crippen LogP contribution in [0.15, 0.2) is 211 Å². The van der Waals surface area contributed by atoms with Gasteiger partial charge >= 0.3 is 0 Å². The summed E-state index contributed by atoms with van der Waals surface area (Å²) in [6.45, 7) is 0. The second kappa shape index (κ2) is 12.6. The average Bonchev–Trinajstić information content (AvgIpc) is 3.80. The van der Waals surface area contributed by atoms with Crippen molar-refractivity contribution in [2.45, 2.75) is 0 Å². The Morgan fingerprint density at radius 3 is 1.75 bits per heavy atom. The summed E-state index contributed by atoms with van der Waals surface area (Å²) in [4.78, 5) is 2.36. The third kappa shape index (κ3) is 5.20. The van der Waals surface area contributed by atoms with Gasteiger partial charge in [-0.1, -0.05) is 140 Å². The Labute approximate surface area is 318 Å². The summed E-state index contributed by atoms with van der Waals surface area (Å²) in [7, 11) is 0. The molecule has 11 aromatic rings. The van der Waals surface area contributed by atoms with Gasteiger partial charge in [0.1, 0.15) is 11.2 Å². The quantitative estimate of drug-likeness (QED) is 0.172. The number of fused-ring (bicyclic) bond motifs is 7. The van der Waals surface area contributed by atoms with Gasteiger partial charge in [0.2, 0.25) is 0 Å². The number of benzene rings is 9. The van der Waals surface area contributed by atoms with Crippen LogP contribution in [0.5, 0.6) is 0 Å². The molecule has 0 radical (unpaired) electrons. The van der Waals surface area contributed by atoms with E-state index in [4.69, 9.17) is 4.42 Å². The summed E-state index contributed by atoms with van der Waals surface area (Å²) >= 11 is 0. The summed E-state index contributed by atoms with van der Waals surface area (Å²) < 4.78 is 8.58. The van der Waals surface area contributed by atoms with Crippen molar-refractivity contribution in [1.29, 1.82) is 0 Å². The predicted molar refractivity (Wildman–Crippen MR) is 231 cm³/mol. The largest absolute Gasteiger partial charge is 0.456 e. The van der Waals surface area contributed by atoms with Crippen LogP contribution in [0.4, 0.5) is 17.1 Å². The molecule has 2 heterocycles. The molecule has 0 unspecified atom stereocenters. The van der Waals surface area contributed by atoms with Crippen molar-refractivity contribution in [2.24, 2.45) is 0 Å². The van der Waals surface area contributed by atoms with Gasteiger partial charge in [-0.2, -0.15) is 0 Å². The zero-order valence-electron chi connectivity index (χ0n) is 29.9. The molecule has 9 aromatic carbocycles. The van der Waals surface area contributed by atoms with Crippen LogP contribution in [0.2, 0.25) is 0 Å². The van der Waals surface area contributed by atoms with Crippen LogP contribution in [0.1, 0.15) is 0 Å². The second-order valence-electron chi connectivity index (χ2n) is 14.2. The van der Waals surface area contributed by atoms with Crippen LogP contribution in [0, 0.1) is 0 Å². The molecular weight excluding hydrogens is 669 g/mol. The molecule has 3 nitrogen and oxygen atoms in total. The molecule has 55 heavy (non-hydrogen) atoms. The number of hydrogen-bond donors (Lipinski definition) is 0. The topological polar surface area (TPSA) is 21.3 Å². The first-order valence-corrected chi connectivity index (χ1v) is 18.8. The molecule has 11 rings (SSSR count). The Hall–Kier alpha value is -7.36. The van der Waals surface area contributed by atoms with Gasteiger partial charge in [-0.25, -0.2) is 0 Å². The maximum atomic E-state index is 6.21. The highest BCUT2D eigenvalue weighted by Crippen LogP contribution is 2.42. The van der Waals surface area contributed by atoms with Crippen LogP contribution in [-0.2, 0) is 0 Å². The number of rotatable bonds is 6. The maximum Gasteiger partial charge on any atom is 0.135 e. The molecule has 258 valence electrons. The maximum absolute atomic E-state index is 6.21. The lowest BCUT2D eigenvalue weighted by molar-refractivity contribution is 0.669. The van der Waals surface area contributed by atoms with Gasteiger partial charge in [0.05, 0.1) is 16.7 Å². The molecule has 0 aliphatic rings. The molecule has 0 aliphatic heterocycles. The summed E-state index contributed by atoms with van der Waals surface area (Å²) in [5.74, 6) is 0. The van der Waals surface area contributed by atoms with E-state index in [0.29, 0.717) is 0 Å². The van der Waals surface area contributed by atoms with Gasteiger partial charge in [-0.3, -0.25) is 0 Å². The van der Waals surface area contributed by atoms with E-state index >= 15 is 0 Å². The lowest BCUT2D eigenvalue weighted by atomic mass is 9.99. The zero-order chi connectivity index (χ0) is 36.3. The fourth-order valence-electron chi connectivity index (χ4n) is 8.35. The Kier molecular flexibility index (Phi) is 7.17. The van der Waals surface area contributed by atoms with Gasteiger partial charge in [-0.15, -0.1) is 0 Å². The first-order chi connectivity index (χ1) is 27.3. The van der Waals surface area contributed by atoms with Crippen LogP contribution in [-0.4, -0.2) is 4.57 Å². The Bertz CT molecular complexity index is 3180. The summed E-state index contributed by atoms with van der Waals surface area (Å²) in [5.41, 5.74) is 13.4. The van der Waals surface area contributed by atoms with E-state index in [1.807, 2.05) is 12.1 Å². The summed E-state index contributed by atoms with van der Waals surface area (Å²) in [6.07, 6.45) is 0. The zero-order valence-corrected chi connectivity index (χ0v) is 29.9. The van der Waals surface area contributed by atoms with Crippen LogP contribution in [0.25, 0.3) is 82.5 Å². The lowest BCUT2D eigenvalue weighted by Crippen LogP contribution is -2.10. The molecule has 0 saturated heterocycles. The molecule has 0 saturated carbocycles. The highest BCUT2D eigenvalue weighted by molar-refractivity contribution is 6.10. The molecule has 0 bridgehead atoms. The Morgan fingerprint density at radius 2 is 0.927 bits per heavy atom. The molecule has 0 fully saturated rings. The minimum Gasteiger partial charge on any atom is -0.456 e.